The molecule has 0 aliphatic rings. The van der Waals surface area contributed by atoms with E-state index in [-0.39, 0.29) is 12.6 Å². The first-order valence-corrected chi connectivity index (χ1v) is 6.24. The highest BCUT2D eigenvalue weighted by molar-refractivity contribution is 5.75. The zero-order chi connectivity index (χ0) is 13.3. The number of nitrogens with one attached hydrogen (secondary N) is 1. The summed E-state index contributed by atoms with van der Waals surface area (Å²) < 4.78 is 0. The zero-order valence-electron chi connectivity index (χ0n) is 11.0. The SMILES string of the molecule is CCCCCN(C)C(=O)NCC(CC)C(=O)O. The summed E-state index contributed by atoms with van der Waals surface area (Å²) in [5, 5.41) is 11.5. The molecule has 0 aliphatic carbocycles. The van der Waals surface area contributed by atoms with E-state index in [1.165, 1.54) is 0 Å². The van der Waals surface area contributed by atoms with Crippen molar-refractivity contribution in [1.82, 2.24) is 10.2 Å². The predicted molar refractivity (Wildman–Crippen MR) is 67.0 cm³/mol. The highest BCUT2D eigenvalue weighted by Crippen LogP contribution is 2.01. The quantitative estimate of drug-likeness (QED) is 0.641. The lowest BCUT2D eigenvalue weighted by Gasteiger charge is -2.19. The molecule has 0 saturated carbocycles. The van der Waals surface area contributed by atoms with E-state index < -0.39 is 11.9 Å². The van der Waals surface area contributed by atoms with E-state index in [9.17, 15) is 9.59 Å². The van der Waals surface area contributed by atoms with Crippen molar-refractivity contribution in [3.8, 4) is 0 Å². The van der Waals surface area contributed by atoms with Crippen LogP contribution in [0.15, 0.2) is 0 Å². The Hall–Kier alpha value is -1.26. The van der Waals surface area contributed by atoms with Gasteiger partial charge >= 0.3 is 12.0 Å². The van der Waals surface area contributed by atoms with Crippen molar-refractivity contribution in [2.45, 2.75) is 39.5 Å². The van der Waals surface area contributed by atoms with Crippen LogP contribution in [-0.2, 0) is 4.79 Å². The second-order valence-corrected chi connectivity index (χ2v) is 4.26. The zero-order valence-corrected chi connectivity index (χ0v) is 11.0. The second-order valence-electron chi connectivity index (χ2n) is 4.26. The second kappa shape index (κ2) is 8.84. The largest absolute Gasteiger partial charge is 0.481 e. The van der Waals surface area contributed by atoms with Gasteiger partial charge in [0, 0.05) is 20.1 Å². The van der Waals surface area contributed by atoms with Crippen molar-refractivity contribution in [3.63, 3.8) is 0 Å². The summed E-state index contributed by atoms with van der Waals surface area (Å²) in [5.74, 6) is -1.36. The summed E-state index contributed by atoms with van der Waals surface area (Å²) >= 11 is 0. The molecule has 0 radical (unpaired) electrons. The number of nitrogens with zero attached hydrogens (tertiary/aromatic N) is 1. The number of urea groups is 1. The van der Waals surface area contributed by atoms with Gasteiger partial charge in [0.25, 0.3) is 0 Å². The number of carbonyl (C=O) groups excluding carboxylic acids is 1. The molecular formula is C12H24N2O3. The molecule has 17 heavy (non-hydrogen) atoms. The smallest absolute Gasteiger partial charge is 0.317 e. The minimum Gasteiger partial charge on any atom is -0.481 e. The van der Waals surface area contributed by atoms with Gasteiger partial charge in [0.2, 0.25) is 0 Å². The van der Waals surface area contributed by atoms with E-state index in [1.54, 1.807) is 18.9 Å². The highest BCUT2D eigenvalue weighted by Gasteiger charge is 2.16. The van der Waals surface area contributed by atoms with E-state index in [2.05, 4.69) is 12.2 Å². The highest BCUT2D eigenvalue weighted by atomic mass is 16.4. The van der Waals surface area contributed by atoms with Crippen LogP contribution >= 0.6 is 0 Å². The van der Waals surface area contributed by atoms with E-state index in [1.807, 2.05) is 0 Å². The number of hydrogen-bond acceptors (Lipinski definition) is 2. The van der Waals surface area contributed by atoms with E-state index in [0.717, 1.165) is 19.3 Å². The van der Waals surface area contributed by atoms with Crippen molar-refractivity contribution >= 4 is 12.0 Å². The van der Waals surface area contributed by atoms with Crippen LogP contribution in [0.5, 0.6) is 0 Å². The molecule has 0 spiro atoms. The molecule has 0 aliphatic heterocycles. The van der Waals surface area contributed by atoms with Gasteiger partial charge in [-0.2, -0.15) is 0 Å². The minimum absolute atomic E-state index is 0.194. The topological polar surface area (TPSA) is 69.6 Å². The Morgan fingerprint density at radius 1 is 1.29 bits per heavy atom. The molecule has 0 saturated heterocycles. The molecular weight excluding hydrogens is 220 g/mol. The molecule has 2 amide bonds. The Labute approximate surface area is 103 Å². The van der Waals surface area contributed by atoms with Crippen LogP contribution < -0.4 is 5.32 Å². The lowest BCUT2D eigenvalue weighted by atomic mass is 10.1. The summed E-state index contributed by atoms with van der Waals surface area (Å²) in [7, 11) is 1.73. The van der Waals surface area contributed by atoms with Crippen LogP contribution in [0.2, 0.25) is 0 Å². The molecule has 5 nitrogen and oxygen atoms in total. The Morgan fingerprint density at radius 2 is 1.94 bits per heavy atom. The Morgan fingerprint density at radius 3 is 2.41 bits per heavy atom. The first kappa shape index (κ1) is 15.7. The van der Waals surface area contributed by atoms with Crippen LogP contribution in [-0.4, -0.2) is 42.1 Å². The number of unbranched alkanes of at least 4 members (excludes halogenated alkanes) is 2. The summed E-state index contributed by atoms with van der Waals surface area (Å²) in [6, 6.07) is -0.194. The third-order valence-electron chi connectivity index (χ3n) is 2.79. The van der Waals surface area contributed by atoms with Crippen LogP contribution in [0.3, 0.4) is 0 Å². The number of rotatable bonds is 8. The summed E-state index contributed by atoms with van der Waals surface area (Å²) in [5.41, 5.74) is 0. The van der Waals surface area contributed by atoms with Crippen molar-refractivity contribution in [2.75, 3.05) is 20.1 Å². The third-order valence-corrected chi connectivity index (χ3v) is 2.79. The lowest BCUT2D eigenvalue weighted by Crippen LogP contribution is -2.41. The van der Waals surface area contributed by atoms with Crippen LogP contribution in [0.1, 0.15) is 39.5 Å². The fourth-order valence-corrected chi connectivity index (χ4v) is 1.45. The van der Waals surface area contributed by atoms with E-state index in [0.29, 0.717) is 13.0 Å². The average molecular weight is 244 g/mol. The van der Waals surface area contributed by atoms with Crippen LogP contribution in [0.4, 0.5) is 4.79 Å². The molecule has 1 unspecified atom stereocenters. The molecule has 0 aromatic rings. The minimum atomic E-state index is -0.860. The standard InChI is InChI=1S/C12H24N2O3/c1-4-6-7-8-14(3)12(17)13-9-10(5-2)11(15)16/h10H,4-9H2,1-3H3,(H,13,17)(H,15,16). The monoisotopic (exact) mass is 244 g/mol. The fourth-order valence-electron chi connectivity index (χ4n) is 1.45. The normalized spacial score (nSPS) is 11.9. The van der Waals surface area contributed by atoms with Gasteiger partial charge in [-0.25, -0.2) is 4.79 Å². The first-order valence-electron chi connectivity index (χ1n) is 6.24. The van der Waals surface area contributed by atoms with Crippen molar-refractivity contribution in [2.24, 2.45) is 5.92 Å². The number of carboxylic acids is 1. The third kappa shape index (κ3) is 6.81. The molecule has 0 aromatic heterocycles. The van der Waals surface area contributed by atoms with E-state index in [4.69, 9.17) is 5.11 Å². The van der Waals surface area contributed by atoms with Gasteiger partial charge in [-0.3, -0.25) is 4.79 Å². The molecule has 0 heterocycles. The Kier molecular flexibility index (Phi) is 8.19. The van der Waals surface area contributed by atoms with Gasteiger partial charge in [0.05, 0.1) is 5.92 Å². The molecule has 0 rings (SSSR count). The summed E-state index contributed by atoms with van der Waals surface area (Å²) in [4.78, 5) is 24.0. The van der Waals surface area contributed by atoms with Gasteiger partial charge < -0.3 is 15.3 Å². The maximum Gasteiger partial charge on any atom is 0.317 e. The van der Waals surface area contributed by atoms with Crippen molar-refractivity contribution < 1.29 is 14.7 Å². The number of carboxylic acid groups (broad SMARTS) is 1. The molecule has 5 heteroatoms. The number of amides is 2. The van der Waals surface area contributed by atoms with Crippen molar-refractivity contribution in [1.29, 1.82) is 0 Å². The van der Waals surface area contributed by atoms with Gasteiger partial charge in [-0.15, -0.1) is 0 Å². The lowest BCUT2D eigenvalue weighted by molar-refractivity contribution is -0.141. The summed E-state index contributed by atoms with van der Waals surface area (Å²) in [6.07, 6.45) is 3.72. The number of carbonyl (C=O) groups is 2. The molecule has 2 N–H and O–H groups in total. The van der Waals surface area contributed by atoms with Gasteiger partial charge in [0.1, 0.15) is 0 Å². The molecule has 0 fully saturated rings. The van der Waals surface area contributed by atoms with E-state index >= 15 is 0 Å². The predicted octanol–water partition coefficient (Wildman–Crippen LogP) is 1.93. The average Bonchev–Trinajstić information content (AvgIpc) is 2.29. The van der Waals surface area contributed by atoms with Crippen LogP contribution in [0, 0.1) is 5.92 Å². The Balaban J connectivity index is 3.87. The van der Waals surface area contributed by atoms with Crippen molar-refractivity contribution in [3.05, 3.63) is 0 Å². The van der Waals surface area contributed by atoms with Crippen LogP contribution in [0.25, 0.3) is 0 Å². The summed E-state index contributed by atoms with van der Waals surface area (Å²) in [6.45, 7) is 4.82. The maximum atomic E-state index is 11.6. The fraction of sp³-hybridized carbons (Fsp3) is 0.833. The van der Waals surface area contributed by atoms with Gasteiger partial charge in [-0.1, -0.05) is 26.7 Å². The number of hydrogen-bond donors (Lipinski definition) is 2. The number of aliphatic carboxylic acids is 1. The maximum absolute atomic E-state index is 11.6. The van der Waals surface area contributed by atoms with Gasteiger partial charge in [-0.05, 0) is 12.8 Å². The van der Waals surface area contributed by atoms with Gasteiger partial charge in [0.15, 0.2) is 0 Å². The molecule has 0 aromatic carbocycles. The first-order chi connectivity index (χ1) is 8.02. The molecule has 1 atom stereocenters. The Bertz CT molecular complexity index is 244. The molecule has 100 valence electrons. The molecule has 0 bridgehead atoms.